The highest BCUT2D eigenvalue weighted by atomic mass is 31.1. The molecule has 1 unspecified atom stereocenters. The highest BCUT2D eigenvalue weighted by Gasteiger charge is 2.21. The summed E-state index contributed by atoms with van der Waals surface area (Å²) in [7, 11) is -1.49. The zero-order chi connectivity index (χ0) is 20.9. The molecular weight excluding hydrogens is 391 g/mol. The van der Waals surface area contributed by atoms with Crippen molar-refractivity contribution in [2.75, 3.05) is 7.11 Å². The van der Waals surface area contributed by atoms with Crippen LogP contribution in [0.5, 0.6) is 29.0 Å². The summed E-state index contributed by atoms with van der Waals surface area (Å²) >= 11 is 0. The average Bonchev–Trinajstić information content (AvgIpc) is 2.60. The van der Waals surface area contributed by atoms with E-state index in [1.54, 1.807) is 0 Å². The van der Waals surface area contributed by atoms with Crippen molar-refractivity contribution >= 4 is 14.2 Å². The summed E-state index contributed by atoms with van der Waals surface area (Å²) in [5.74, 6) is -1.46. The minimum Gasteiger partial charge on any atom is -0.496 e. The van der Waals surface area contributed by atoms with E-state index in [0.29, 0.717) is 12.2 Å². The Kier molecular flexibility index (Phi) is 6.71. The smallest absolute Gasteiger partial charge is 0.496 e. The standard InChI is InChI=1S/C17H19N2O8P/c1-5-17(2,3)26-14-9-13(18-15(19-14)16(20)21)25-11-6-10(24-4)7-12(8-11)27-28(22)23/h6-9H,5H2,1-4H3,(H-,20,21,22,23)/p+1. The fourth-order valence-corrected chi connectivity index (χ4v) is 2.23. The highest BCUT2D eigenvalue weighted by Crippen LogP contribution is 2.34. The molecule has 2 aromatic rings. The summed E-state index contributed by atoms with van der Waals surface area (Å²) in [5, 5.41) is 9.24. The molecule has 0 spiro atoms. The van der Waals surface area contributed by atoms with Gasteiger partial charge in [0.1, 0.15) is 17.1 Å². The molecule has 0 saturated carbocycles. The van der Waals surface area contributed by atoms with Gasteiger partial charge in [-0.3, -0.25) is 0 Å². The lowest BCUT2D eigenvalue weighted by Crippen LogP contribution is -2.27. The maximum atomic E-state index is 11.3. The van der Waals surface area contributed by atoms with Crippen molar-refractivity contribution in [2.24, 2.45) is 0 Å². The second-order valence-corrected chi connectivity index (χ2v) is 6.82. The predicted octanol–water partition coefficient (Wildman–Crippen LogP) is 3.57. The molecule has 0 aliphatic rings. The van der Waals surface area contributed by atoms with E-state index in [-0.39, 0.29) is 23.3 Å². The fraction of sp³-hybridized carbons (Fsp3) is 0.353. The summed E-state index contributed by atoms with van der Waals surface area (Å²) in [4.78, 5) is 27.9. The van der Waals surface area contributed by atoms with Crippen LogP contribution in [-0.2, 0) is 4.57 Å². The first-order valence-corrected chi connectivity index (χ1v) is 9.27. The molecular formula is C17H20N2O8P+. The van der Waals surface area contributed by atoms with Crippen LogP contribution in [0.3, 0.4) is 0 Å². The number of aromatic carboxylic acids is 1. The number of aromatic nitrogens is 2. The van der Waals surface area contributed by atoms with Gasteiger partial charge >= 0.3 is 14.2 Å². The Bertz CT molecular complexity index is 887. The van der Waals surface area contributed by atoms with Crippen LogP contribution in [0.25, 0.3) is 0 Å². The van der Waals surface area contributed by atoms with Crippen molar-refractivity contribution in [2.45, 2.75) is 32.8 Å². The predicted molar refractivity (Wildman–Crippen MR) is 97.5 cm³/mol. The van der Waals surface area contributed by atoms with Crippen LogP contribution >= 0.6 is 8.25 Å². The first-order chi connectivity index (χ1) is 13.1. The molecule has 1 aromatic heterocycles. The molecule has 0 aliphatic carbocycles. The van der Waals surface area contributed by atoms with E-state index in [0.717, 1.165) is 0 Å². The van der Waals surface area contributed by atoms with Gasteiger partial charge in [0.2, 0.25) is 17.6 Å². The topological polar surface area (TPSA) is 137 Å². The van der Waals surface area contributed by atoms with E-state index in [1.165, 1.54) is 31.4 Å². The van der Waals surface area contributed by atoms with Crippen molar-refractivity contribution in [1.29, 1.82) is 0 Å². The van der Waals surface area contributed by atoms with Gasteiger partial charge in [-0.25, -0.2) is 9.32 Å². The van der Waals surface area contributed by atoms with Crippen LogP contribution in [0.2, 0.25) is 0 Å². The zero-order valence-corrected chi connectivity index (χ0v) is 16.6. The Hall–Kier alpha value is -2.97. The lowest BCUT2D eigenvalue weighted by atomic mass is 10.1. The number of carbonyl (C=O) groups is 1. The van der Waals surface area contributed by atoms with Crippen LogP contribution in [-0.4, -0.2) is 38.6 Å². The van der Waals surface area contributed by atoms with E-state index < -0.39 is 25.6 Å². The Balaban J connectivity index is 2.40. The third-order valence-electron chi connectivity index (χ3n) is 3.60. The van der Waals surface area contributed by atoms with Crippen LogP contribution in [0.4, 0.5) is 0 Å². The van der Waals surface area contributed by atoms with Gasteiger partial charge in [-0.1, -0.05) is 6.92 Å². The number of ether oxygens (including phenoxy) is 3. The van der Waals surface area contributed by atoms with E-state index >= 15 is 0 Å². The van der Waals surface area contributed by atoms with Crippen molar-refractivity contribution in [3.63, 3.8) is 0 Å². The number of hydrogen-bond donors (Lipinski definition) is 2. The van der Waals surface area contributed by atoms with Gasteiger partial charge < -0.3 is 19.3 Å². The third kappa shape index (κ3) is 6.04. The quantitative estimate of drug-likeness (QED) is 0.589. The molecule has 0 fully saturated rings. The summed E-state index contributed by atoms with van der Waals surface area (Å²) in [6.07, 6.45) is 0.658. The van der Waals surface area contributed by atoms with Crippen molar-refractivity contribution in [3.8, 4) is 29.0 Å². The second kappa shape index (κ2) is 8.81. The molecule has 1 atom stereocenters. The Morgan fingerprint density at radius 1 is 1.11 bits per heavy atom. The molecule has 2 N–H and O–H groups in total. The Labute approximate surface area is 162 Å². The van der Waals surface area contributed by atoms with E-state index in [2.05, 4.69) is 9.97 Å². The highest BCUT2D eigenvalue weighted by molar-refractivity contribution is 7.32. The molecule has 28 heavy (non-hydrogen) atoms. The maximum Gasteiger partial charge on any atom is 0.747 e. The first kappa shape index (κ1) is 21.3. The van der Waals surface area contributed by atoms with Crippen LogP contribution in [0.15, 0.2) is 24.3 Å². The minimum absolute atomic E-state index is 0.0223. The van der Waals surface area contributed by atoms with Crippen LogP contribution < -0.4 is 18.7 Å². The zero-order valence-electron chi connectivity index (χ0n) is 15.7. The molecule has 0 saturated heterocycles. The number of hydrogen-bond acceptors (Lipinski definition) is 8. The monoisotopic (exact) mass is 411 g/mol. The van der Waals surface area contributed by atoms with E-state index in [9.17, 15) is 14.5 Å². The van der Waals surface area contributed by atoms with Crippen LogP contribution in [0, 0.1) is 0 Å². The summed E-state index contributed by atoms with van der Waals surface area (Å²) in [6, 6.07) is 5.52. The molecule has 2 rings (SSSR count). The normalized spacial score (nSPS) is 11.5. The molecule has 11 heteroatoms. The molecule has 0 amide bonds. The van der Waals surface area contributed by atoms with Crippen molar-refractivity contribution in [1.82, 2.24) is 9.97 Å². The molecule has 1 aromatic carbocycles. The second-order valence-electron chi connectivity index (χ2n) is 6.16. The van der Waals surface area contributed by atoms with Gasteiger partial charge in [-0.05, 0) is 20.3 Å². The molecule has 150 valence electrons. The number of carboxylic acid groups (broad SMARTS) is 1. The summed E-state index contributed by atoms with van der Waals surface area (Å²) < 4.78 is 32.1. The number of nitrogens with zero attached hydrogens (tertiary/aromatic N) is 2. The van der Waals surface area contributed by atoms with Gasteiger partial charge in [-0.15, -0.1) is 4.89 Å². The summed E-state index contributed by atoms with van der Waals surface area (Å²) in [5.41, 5.74) is -0.579. The molecule has 10 nitrogen and oxygen atoms in total. The first-order valence-electron chi connectivity index (χ1n) is 8.14. The van der Waals surface area contributed by atoms with Gasteiger partial charge in [0.15, 0.2) is 5.75 Å². The average molecular weight is 411 g/mol. The summed E-state index contributed by atoms with van der Waals surface area (Å²) in [6.45, 7) is 5.58. The molecule has 0 radical (unpaired) electrons. The van der Waals surface area contributed by atoms with Gasteiger partial charge in [0.05, 0.1) is 13.2 Å². The van der Waals surface area contributed by atoms with E-state index in [1.807, 2.05) is 20.8 Å². The molecule has 0 aliphatic heterocycles. The van der Waals surface area contributed by atoms with E-state index in [4.69, 9.17) is 23.6 Å². The Morgan fingerprint density at radius 3 is 2.29 bits per heavy atom. The molecule has 1 heterocycles. The molecule has 0 bridgehead atoms. The third-order valence-corrected chi connectivity index (χ3v) is 3.96. The lowest BCUT2D eigenvalue weighted by molar-refractivity contribution is 0.0670. The minimum atomic E-state index is -2.89. The lowest BCUT2D eigenvalue weighted by Gasteiger charge is -2.24. The maximum absolute atomic E-state index is 11.3. The fourth-order valence-electron chi connectivity index (χ4n) is 1.95. The van der Waals surface area contributed by atoms with Gasteiger partial charge in [0, 0.05) is 22.8 Å². The van der Waals surface area contributed by atoms with Gasteiger partial charge in [0.25, 0.3) is 0 Å². The largest absolute Gasteiger partial charge is 0.747 e. The number of carboxylic acids is 1. The number of rotatable bonds is 9. The van der Waals surface area contributed by atoms with Crippen molar-refractivity contribution in [3.05, 3.63) is 30.1 Å². The van der Waals surface area contributed by atoms with Crippen molar-refractivity contribution < 1.29 is 38.1 Å². The van der Waals surface area contributed by atoms with Crippen LogP contribution in [0.1, 0.15) is 37.8 Å². The van der Waals surface area contributed by atoms with Gasteiger partial charge in [-0.2, -0.15) is 9.97 Å². The number of benzene rings is 1. The Morgan fingerprint density at radius 2 is 1.71 bits per heavy atom. The number of methoxy groups -OCH3 is 1. The SMILES string of the molecule is CCC(C)(C)Oc1cc(Oc2cc(OC)cc(O[P+](=O)O)c2)nc(C(=O)O)n1.